The first-order chi connectivity index (χ1) is 13.5. The molecule has 2 aromatic carbocycles. The van der Waals surface area contributed by atoms with Crippen LogP contribution < -0.4 is 10.6 Å². The van der Waals surface area contributed by atoms with Crippen LogP contribution in [0.1, 0.15) is 23.4 Å². The molecule has 0 aliphatic rings. The number of para-hydroxylation sites is 2. The fourth-order valence-electron chi connectivity index (χ4n) is 3.36. The van der Waals surface area contributed by atoms with E-state index in [1.807, 2.05) is 48.5 Å². The molecule has 0 atom stereocenters. The van der Waals surface area contributed by atoms with Crippen molar-refractivity contribution < 1.29 is 14.4 Å². The first kappa shape index (κ1) is 17.5. The number of anilines is 2. The van der Waals surface area contributed by atoms with Crippen molar-refractivity contribution in [3.63, 3.8) is 0 Å². The van der Waals surface area contributed by atoms with Crippen molar-refractivity contribution in [2.75, 3.05) is 10.6 Å². The molecule has 0 saturated heterocycles. The molecule has 7 nitrogen and oxygen atoms in total. The van der Waals surface area contributed by atoms with Gasteiger partial charge in [-0.05, 0) is 12.1 Å². The van der Waals surface area contributed by atoms with Crippen molar-refractivity contribution in [1.82, 2.24) is 9.13 Å². The zero-order valence-corrected chi connectivity index (χ0v) is 15.4. The summed E-state index contributed by atoms with van der Waals surface area (Å²) in [5.74, 6) is -0.289. The largest absolute Gasteiger partial charge is 0.323 e. The van der Waals surface area contributed by atoms with Gasteiger partial charge >= 0.3 is 6.03 Å². The second-order valence-electron chi connectivity index (χ2n) is 6.48. The van der Waals surface area contributed by atoms with E-state index in [0.29, 0.717) is 11.4 Å². The Labute approximate surface area is 160 Å². The van der Waals surface area contributed by atoms with E-state index in [1.54, 1.807) is 12.4 Å². The highest BCUT2D eigenvalue weighted by Gasteiger charge is 2.15. The number of hydrogen-bond acceptors (Lipinski definition) is 3. The molecule has 0 aliphatic carbocycles. The molecule has 4 aromatic rings. The minimum Gasteiger partial charge on any atom is -0.306 e. The predicted octanol–water partition coefficient (Wildman–Crippen LogP) is 4.56. The van der Waals surface area contributed by atoms with E-state index in [2.05, 4.69) is 10.6 Å². The van der Waals surface area contributed by atoms with Crippen LogP contribution in [0.4, 0.5) is 16.2 Å². The average molecular weight is 374 g/mol. The van der Waals surface area contributed by atoms with Gasteiger partial charge in [-0.3, -0.25) is 18.7 Å². The van der Waals surface area contributed by atoms with Gasteiger partial charge in [0.2, 0.25) is 11.8 Å². The summed E-state index contributed by atoms with van der Waals surface area (Å²) < 4.78 is 2.99. The summed E-state index contributed by atoms with van der Waals surface area (Å²) in [5.41, 5.74) is 2.49. The number of urea groups is 1. The van der Waals surface area contributed by atoms with Crippen molar-refractivity contribution in [1.29, 1.82) is 0 Å². The summed E-state index contributed by atoms with van der Waals surface area (Å²) in [6, 6.07) is 14.2. The van der Waals surface area contributed by atoms with Crippen LogP contribution >= 0.6 is 0 Å². The Balaban J connectivity index is 1.66. The van der Waals surface area contributed by atoms with E-state index in [9.17, 15) is 14.4 Å². The maximum Gasteiger partial charge on any atom is 0.323 e. The fraction of sp³-hybridized carbons (Fsp3) is 0.0952. The van der Waals surface area contributed by atoms with E-state index in [0.717, 1.165) is 21.8 Å². The number of carbonyl (C=O) groups excluding carboxylic acids is 3. The Hall–Kier alpha value is -3.87. The second-order valence-corrected chi connectivity index (χ2v) is 6.48. The molecule has 2 heterocycles. The Morgan fingerprint density at radius 2 is 1.07 bits per heavy atom. The molecular formula is C21H18N4O3. The van der Waals surface area contributed by atoms with Crippen molar-refractivity contribution >= 4 is 51.0 Å². The molecule has 28 heavy (non-hydrogen) atoms. The van der Waals surface area contributed by atoms with Crippen molar-refractivity contribution in [3.05, 3.63) is 60.9 Å². The van der Waals surface area contributed by atoms with E-state index < -0.39 is 6.03 Å². The first-order valence-electron chi connectivity index (χ1n) is 8.76. The standard InChI is InChI=1S/C21H18N4O3/c1-13(26)24-11-17(15-7-3-5-9-19(15)24)22-21(28)23-18-12-25(14(2)27)20-10-6-4-8-16(18)20/h3-12H,1-2H3,(H2,22,23,28). The normalized spacial score (nSPS) is 10.9. The van der Waals surface area contributed by atoms with Gasteiger partial charge in [0.15, 0.2) is 0 Å². The number of carbonyl (C=O) groups is 3. The third kappa shape index (κ3) is 2.92. The molecule has 0 radical (unpaired) electrons. The molecule has 0 spiro atoms. The van der Waals surface area contributed by atoms with Gasteiger partial charge in [-0.2, -0.15) is 0 Å². The van der Waals surface area contributed by atoms with Crippen molar-refractivity contribution in [2.24, 2.45) is 0 Å². The third-order valence-corrected chi connectivity index (χ3v) is 4.60. The number of amides is 2. The Kier molecular flexibility index (Phi) is 4.19. The molecule has 2 amide bonds. The van der Waals surface area contributed by atoms with Crippen LogP contribution in [0.3, 0.4) is 0 Å². The fourth-order valence-corrected chi connectivity index (χ4v) is 3.36. The quantitative estimate of drug-likeness (QED) is 0.539. The monoisotopic (exact) mass is 374 g/mol. The van der Waals surface area contributed by atoms with Gasteiger partial charge in [-0.25, -0.2) is 4.79 Å². The minimum atomic E-state index is -0.460. The van der Waals surface area contributed by atoms with Crippen LogP contribution in [0.15, 0.2) is 60.9 Å². The molecule has 0 fully saturated rings. The van der Waals surface area contributed by atoms with Crippen LogP contribution in [0.5, 0.6) is 0 Å². The van der Waals surface area contributed by atoms with Gasteiger partial charge in [-0.1, -0.05) is 36.4 Å². The van der Waals surface area contributed by atoms with Crippen LogP contribution in [0.2, 0.25) is 0 Å². The zero-order valence-electron chi connectivity index (χ0n) is 15.4. The van der Waals surface area contributed by atoms with Gasteiger partial charge in [0.25, 0.3) is 0 Å². The lowest BCUT2D eigenvalue weighted by atomic mass is 10.2. The Morgan fingerprint density at radius 1 is 0.679 bits per heavy atom. The van der Waals surface area contributed by atoms with Crippen molar-refractivity contribution in [2.45, 2.75) is 13.8 Å². The van der Waals surface area contributed by atoms with E-state index >= 15 is 0 Å². The number of aromatic nitrogens is 2. The van der Waals surface area contributed by atoms with Crippen LogP contribution in [0, 0.1) is 0 Å². The summed E-state index contributed by atoms with van der Waals surface area (Å²) in [7, 11) is 0. The third-order valence-electron chi connectivity index (χ3n) is 4.60. The smallest absolute Gasteiger partial charge is 0.306 e. The lowest BCUT2D eigenvalue weighted by Crippen LogP contribution is -2.19. The number of nitrogens with zero attached hydrogens (tertiary/aromatic N) is 2. The number of nitrogens with one attached hydrogen (secondary N) is 2. The predicted molar refractivity (Wildman–Crippen MR) is 109 cm³/mol. The first-order valence-corrected chi connectivity index (χ1v) is 8.76. The molecular weight excluding hydrogens is 356 g/mol. The topological polar surface area (TPSA) is 85.1 Å². The summed E-state index contributed by atoms with van der Waals surface area (Å²) in [4.78, 5) is 36.3. The number of benzene rings is 2. The highest BCUT2D eigenvalue weighted by Crippen LogP contribution is 2.28. The number of hydrogen-bond donors (Lipinski definition) is 2. The molecule has 7 heteroatoms. The van der Waals surface area contributed by atoms with E-state index in [1.165, 1.54) is 23.0 Å². The summed E-state index contributed by atoms with van der Waals surface area (Å²) in [5, 5.41) is 7.12. The summed E-state index contributed by atoms with van der Waals surface area (Å²) in [6.07, 6.45) is 3.21. The van der Waals surface area contributed by atoms with Gasteiger partial charge in [-0.15, -0.1) is 0 Å². The summed E-state index contributed by atoms with van der Waals surface area (Å²) >= 11 is 0. The molecule has 0 aliphatic heterocycles. The molecule has 140 valence electrons. The van der Waals surface area contributed by atoms with Crippen LogP contribution in [-0.2, 0) is 0 Å². The lowest BCUT2D eigenvalue weighted by Gasteiger charge is -2.05. The maximum absolute atomic E-state index is 12.6. The molecule has 2 N–H and O–H groups in total. The van der Waals surface area contributed by atoms with Gasteiger partial charge < -0.3 is 10.6 Å². The molecule has 0 bridgehead atoms. The molecule has 4 rings (SSSR count). The maximum atomic E-state index is 12.6. The second kappa shape index (κ2) is 6.70. The van der Waals surface area contributed by atoms with Crippen LogP contribution in [0.25, 0.3) is 21.8 Å². The van der Waals surface area contributed by atoms with Gasteiger partial charge in [0, 0.05) is 37.0 Å². The average Bonchev–Trinajstić information content (AvgIpc) is 3.21. The molecule has 2 aromatic heterocycles. The van der Waals surface area contributed by atoms with E-state index in [-0.39, 0.29) is 11.8 Å². The molecule has 0 unspecified atom stereocenters. The zero-order chi connectivity index (χ0) is 19.8. The minimum absolute atomic E-state index is 0.144. The Morgan fingerprint density at radius 3 is 1.46 bits per heavy atom. The molecule has 0 saturated carbocycles. The van der Waals surface area contributed by atoms with E-state index in [4.69, 9.17) is 0 Å². The van der Waals surface area contributed by atoms with Crippen LogP contribution in [-0.4, -0.2) is 27.0 Å². The van der Waals surface area contributed by atoms with Gasteiger partial charge in [0.1, 0.15) is 0 Å². The SMILES string of the molecule is CC(=O)n1cc(NC(=O)Nc2cn(C(C)=O)c3ccccc23)c2ccccc21. The van der Waals surface area contributed by atoms with Crippen molar-refractivity contribution in [3.8, 4) is 0 Å². The number of rotatable bonds is 2. The Bertz CT molecular complexity index is 1150. The highest BCUT2D eigenvalue weighted by atomic mass is 16.2. The number of fused-ring (bicyclic) bond motifs is 2. The lowest BCUT2D eigenvalue weighted by molar-refractivity contribution is 0.0933. The highest BCUT2D eigenvalue weighted by molar-refractivity contribution is 6.11. The van der Waals surface area contributed by atoms with Gasteiger partial charge in [0.05, 0.1) is 22.4 Å². The summed E-state index contributed by atoms with van der Waals surface area (Å²) in [6.45, 7) is 2.93.